The van der Waals surface area contributed by atoms with Crippen molar-refractivity contribution in [3.63, 3.8) is 0 Å². The molecular weight excluding hydrogens is 288 g/mol. The molecule has 21 heavy (non-hydrogen) atoms. The lowest BCUT2D eigenvalue weighted by Gasteiger charge is -2.28. The zero-order valence-electron chi connectivity index (χ0n) is 12.6. The van der Waals surface area contributed by atoms with Gasteiger partial charge in [0.2, 0.25) is 0 Å². The first kappa shape index (κ1) is 16.5. The van der Waals surface area contributed by atoms with Gasteiger partial charge in [0.1, 0.15) is 0 Å². The summed E-state index contributed by atoms with van der Waals surface area (Å²) in [5, 5.41) is 15.1. The third-order valence-electron chi connectivity index (χ3n) is 4.81. The topological polar surface area (TPSA) is 78.4 Å². The van der Waals surface area contributed by atoms with E-state index >= 15 is 0 Å². The lowest BCUT2D eigenvalue weighted by atomic mass is 9.84. The summed E-state index contributed by atoms with van der Waals surface area (Å²) in [6.45, 7) is 0.665. The van der Waals surface area contributed by atoms with Gasteiger partial charge < -0.3 is 15.7 Å². The largest absolute Gasteiger partial charge is 0.481 e. The molecule has 3 N–H and O–H groups in total. The second-order valence-corrected chi connectivity index (χ2v) is 7.16. The van der Waals surface area contributed by atoms with Gasteiger partial charge in [-0.3, -0.25) is 4.79 Å². The number of rotatable bonds is 8. The Bertz CT molecular complexity index is 378. The Morgan fingerprint density at radius 1 is 1.19 bits per heavy atom. The summed E-state index contributed by atoms with van der Waals surface area (Å²) in [6.07, 6.45) is 8.37. The molecule has 0 heterocycles. The SMILES string of the molecule is CSCCCCCNC(=O)NC1C2CCC(C2)C1C(=O)O. The number of fused-ring (bicyclic) bond motifs is 2. The predicted octanol–water partition coefficient (Wildman–Crippen LogP) is 2.32. The van der Waals surface area contributed by atoms with Crippen molar-refractivity contribution in [2.45, 2.75) is 44.6 Å². The van der Waals surface area contributed by atoms with Gasteiger partial charge >= 0.3 is 12.0 Å². The molecule has 5 nitrogen and oxygen atoms in total. The van der Waals surface area contributed by atoms with Crippen LogP contribution in [0.2, 0.25) is 0 Å². The Kier molecular flexibility index (Phi) is 6.21. The van der Waals surface area contributed by atoms with Crippen molar-refractivity contribution in [3.05, 3.63) is 0 Å². The number of amides is 2. The first-order chi connectivity index (χ1) is 10.1. The normalized spacial score (nSPS) is 30.3. The molecule has 2 aliphatic carbocycles. The number of carboxylic acids is 1. The van der Waals surface area contributed by atoms with Gasteiger partial charge in [-0.05, 0) is 55.9 Å². The number of hydrogen-bond acceptors (Lipinski definition) is 3. The van der Waals surface area contributed by atoms with E-state index in [-0.39, 0.29) is 18.0 Å². The van der Waals surface area contributed by atoms with Crippen LogP contribution in [0.4, 0.5) is 4.79 Å². The minimum absolute atomic E-state index is 0.183. The summed E-state index contributed by atoms with van der Waals surface area (Å²) < 4.78 is 0. The van der Waals surface area contributed by atoms with Crippen LogP contribution in [0, 0.1) is 17.8 Å². The number of hydrogen-bond donors (Lipinski definition) is 3. The fourth-order valence-electron chi connectivity index (χ4n) is 3.81. The molecule has 2 rings (SSSR count). The van der Waals surface area contributed by atoms with E-state index in [1.54, 1.807) is 0 Å². The van der Waals surface area contributed by atoms with Crippen LogP contribution in [0.5, 0.6) is 0 Å². The zero-order chi connectivity index (χ0) is 15.2. The summed E-state index contributed by atoms with van der Waals surface area (Å²) >= 11 is 1.84. The first-order valence-electron chi connectivity index (χ1n) is 7.89. The number of thioether (sulfide) groups is 1. The van der Waals surface area contributed by atoms with E-state index in [2.05, 4.69) is 16.9 Å². The Hall–Kier alpha value is -0.910. The van der Waals surface area contributed by atoms with Gasteiger partial charge in [0, 0.05) is 12.6 Å². The smallest absolute Gasteiger partial charge is 0.315 e. The van der Waals surface area contributed by atoms with Crippen LogP contribution in [0.15, 0.2) is 0 Å². The summed E-state index contributed by atoms with van der Waals surface area (Å²) in [4.78, 5) is 23.3. The molecule has 0 aromatic heterocycles. The molecule has 2 fully saturated rings. The van der Waals surface area contributed by atoms with E-state index in [9.17, 15) is 14.7 Å². The number of carbonyl (C=O) groups is 2. The van der Waals surface area contributed by atoms with E-state index in [1.807, 2.05) is 11.8 Å². The number of unbranched alkanes of at least 4 members (excludes halogenated alkanes) is 2. The van der Waals surface area contributed by atoms with E-state index in [1.165, 1.54) is 6.42 Å². The number of aliphatic carboxylic acids is 1. The second-order valence-electron chi connectivity index (χ2n) is 6.18. The average molecular weight is 314 g/mol. The molecule has 0 aromatic carbocycles. The maximum atomic E-state index is 11.9. The molecule has 4 unspecified atom stereocenters. The summed E-state index contributed by atoms with van der Waals surface area (Å²) in [5.74, 6) is 0.617. The highest BCUT2D eigenvalue weighted by atomic mass is 32.2. The minimum Gasteiger partial charge on any atom is -0.481 e. The molecule has 0 radical (unpaired) electrons. The highest BCUT2D eigenvalue weighted by Gasteiger charge is 2.51. The molecule has 0 spiro atoms. The average Bonchev–Trinajstić information content (AvgIpc) is 3.03. The van der Waals surface area contributed by atoms with Crippen LogP contribution in [0.1, 0.15) is 38.5 Å². The predicted molar refractivity (Wildman–Crippen MR) is 84.5 cm³/mol. The number of urea groups is 1. The molecule has 2 saturated carbocycles. The van der Waals surface area contributed by atoms with Gasteiger partial charge in [-0.1, -0.05) is 6.42 Å². The second kappa shape index (κ2) is 7.92. The number of nitrogens with one attached hydrogen (secondary N) is 2. The van der Waals surface area contributed by atoms with Gasteiger partial charge in [-0.15, -0.1) is 0 Å². The van der Waals surface area contributed by atoms with Gasteiger partial charge in [-0.25, -0.2) is 4.79 Å². The summed E-state index contributed by atoms with van der Waals surface area (Å²) in [6, 6.07) is -0.388. The highest BCUT2D eigenvalue weighted by Crippen LogP contribution is 2.48. The maximum absolute atomic E-state index is 11.9. The van der Waals surface area contributed by atoms with Crippen molar-refractivity contribution in [2.24, 2.45) is 17.8 Å². The maximum Gasteiger partial charge on any atom is 0.315 e. The lowest BCUT2D eigenvalue weighted by molar-refractivity contribution is -0.144. The Labute approximate surface area is 130 Å². The van der Waals surface area contributed by atoms with Crippen molar-refractivity contribution in [1.82, 2.24) is 10.6 Å². The van der Waals surface area contributed by atoms with Crippen LogP contribution >= 0.6 is 11.8 Å². The number of carboxylic acid groups (broad SMARTS) is 1. The Morgan fingerprint density at radius 3 is 2.67 bits per heavy atom. The van der Waals surface area contributed by atoms with E-state index in [0.29, 0.717) is 12.5 Å². The van der Waals surface area contributed by atoms with Crippen molar-refractivity contribution in [2.75, 3.05) is 18.6 Å². The van der Waals surface area contributed by atoms with Gasteiger partial charge in [0.05, 0.1) is 5.92 Å². The van der Waals surface area contributed by atoms with Gasteiger partial charge in [0.25, 0.3) is 0 Å². The van der Waals surface area contributed by atoms with Gasteiger partial charge in [-0.2, -0.15) is 11.8 Å². The Morgan fingerprint density at radius 2 is 1.95 bits per heavy atom. The van der Waals surface area contributed by atoms with Gasteiger partial charge in [0.15, 0.2) is 0 Å². The number of carbonyl (C=O) groups excluding carboxylic acids is 1. The van der Waals surface area contributed by atoms with Crippen LogP contribution in [-0.4, -0.2) is 41.7 Å². The van der Waals surface area contributed by atoms with E-state index in [4.69, 9.17) is 0 Å². The van der Waals surface area contributed by atoms with Crippen LogP contribution < -0.4 is 10.6 Å². The van der Waals surface area contributed by atoms with Crippen molar-refractivity contribution >= 4 is 23.8 Å². The van der Waals surface area contributed by atoms with Crippen molar-refractivity contribution in [3.8, 4) is 0 Å². The highest BCUT2D eigenvalue weighted by molar-refractivity contribution is 7.98. The zero-order valence-corrected chi connectivity index (χ0v) is 13.5. The summed E-state index contributed by atoms with van der Waals surface area (Å²) in [5.41, 5.74) is 0. The molecule has 0 aromatic rings. The quantitative estimate of drug-likeness (QED) is 0.601. The third kappa shape index (κ3) is 4.28. The monoisotopic (exact) mass is 314 g/mol. The fourth-order valence-corrected chi connectivity index (χ4v) is 4.30. The molecule has 120 valence electrons. The van der Waals surface area contributed by atoms with Crippen molar-refractivity contribution in [1.29, 1.82) is 0 Å². The van der Waals surface area contributed by atoms with Crippen LogP contribution in [0.3, 0.4) is 0 Å². The van der Waals surface area contributed by atoms with E-state index in [0.717, 1.165) is 37.9 Å². The van der Waals surface area contributed by atoms with E-state index < -0.39 is 11.9 Å². The van der Waals surface area contributed by atoms with Crippen molar-refractivity contribution < 1.29 is 14.7 Å². The molecule has 2 aliphatic rings. The first-order valence-corrected chi connectivity index (χ1v) is 9.29. The molecule has 2 amide bonds. The fraction of sp³-hybridized carbons (Fsp3) is 0.867. The molecule has 0 aliphatic heterocycles. The minimum atomic E-state index is -0.760. The molecule has 4 atom stereocenters. The molecular formula is C15H26N2O3S. The standard InChI is InChI=1S/C15H26N2O3S/c1-21-8-4-2-3-7-16-15(20)17-13-11-6-5-10(9-11)12(13)14(18)19/h10-13H,2-9H2,1H3,(H,18,19)(H2,16,17,20). The molecule has 2 bridgehead atoms. The van der Waals surface area contributed by atoms with Crippen LogP contribution in [0.25, 0.3) is 0 Å². The lowest BCUT2D eigenvalue weighted by Crippen LogP contribution is -2.50. The third-order valence-corrected chi connectivity index (χ3v) is 5.51. The van der Waals surface area contributed by atoms with Crippen LogP contribution in [-0.2, 0) is 4.79 Å². The summed E-state index contributed by atoms with van der Waals surface area (Å²) in [7, 11) is 0. The molecule has 0 saturated heterocycles. The molecule has 6 heteroatoms. The Balaban J connectivity index is 1.68.